The van der Waals surface area contributed by atoms with Crippen LogP contribution in [0.5, 0.6) is 11.5 Å². The van der Waals surface area contributed by atoms with Gasteiger partial charge in [0.2, 0.25) is 0 Å². The largest absolute Gasteiger partial charge is 0.497 e. The molecule has 0 saturated carbocycles. The molecule has 0 fully saturated rings. The topological polar surface area (TPSA) is 84.9 Å². The lowest BCUT2D eigenvalue weighted by Gasteiger charge is -2.31. The van der Waals surface area contributed by atoms with Gasteiger partial charge in [0.05, 0.1) is 17.7 Å². The Morgan fingerprint density at radius 1 is 1.00 bits per heavy atom. The first kappa shape index (κ1) is 22.7. The van der Waals surface area contributed by atoms with Crippen molar-refractivity contribution in [3.63, 3.8) is 0 Å². The summed E-state index contributed by atoms with van der Waals surface area (Å²) in [6.45, 7) is 2.27. The maximum atomic E-state index is 13.3. The van der Waals surface area contributed by atoms with Crippen molar-refractivity contribution in [2.45, 2.75) is 24.7 Å². The number of carbonyl (C=O) groups is 1. The molecule has 0 saturated heterocycles. The van der Waals surface area contributed by atoms with Crippen LogP contribution < -0.4 is 19.1 Å². The molecule has 3 aromatic carbocycles. The fourth-order valence-electron chi connectivity index (χ4n) is 3.75. The number of rotatable bonds is 7. The second kappa shape index (κ2) is 9.54. The second-order valence-corrected chi connectivity index (χ2v) is 9.71. The van der Waals surface area contributed by atoms with E-state index in [-0.39, 0.29) is 17.4 Å². The third kappa shape index (κ3) is 5.12. The predicted octanol–water partition coefficient (Wildman–Crippen LogP) is 4.16. The summed E-state index contributed by atoms with van der Waals surface area (Å²) in [5.74, 6) is 0.939. The van der Waals surface area contributed by atoms with E-state index in [1.807, 2.05) is 37.3 Å². The summed E-state index contributed by atoms with van der Waals surface area (Å²) in [5, 5.41) is 2.83. The molecule has 0 atom stereocenters. The van der Waals surface area contributed by atoms with Crippen molar-refractivity contribution in [2.24, 2.45) is 0 Å². The molecule has 1 aliphatic rings. The van der Waals surface area contributed by atoms with E-state index in [2.05, 4.69) is 5.32 Å². The lowest BCUT2D eigenvalue weighted by atomic mass is 10.0. The number of fused-ring (bicyclic) bond motifs is 1. The molecule has 1 amide bonds. The summed E-state index contributed by atoms with van der Waals surface area (Å²) in [5.41, 5.74) is 3.22. The number of hydrogen-bond donors (Lipinski definition) is 1. The Labute approximate surface area is 194 Å². The Kier molecular flexibility index (Phi) is 6.55. The van der Waals surface area contributed by atoms with E-state index in [0.29, 0.717) is 35.8 Å². The van der Waals surface area contributed by atoms with E-state index in [9.17, 15) is 13.2 Å². The third-order valence-corrected chi connectivity index (χ3v) is 7.31. The van der Waals surface area contributed by atoms with E-state index in [1.165, 1.54) is 11.4 Å². The van der Waals surface area contributed by atoms with Gasteiger partial charge in [-0.05, 0) is 79.9 Å². The normalized spacial score (nSPS) is 13.2. The molecule has 1 N–H and O–H groups in total. The molecule has 0 spiro atoms. The molecule has 7 nitrogen and oxygen atoms in total. The summed E-state index contributed by atoms with van der Waals surface area (Å²) < 4.78 is 38.6. The van der Waals surface area contributed by atoms with Crippen LogP contribution in [-0.2, 0) is 21.2 Å². The van der Waals surface area contributed by atoms with Crippen LogP contribution in [0.1, 0.15) is 17.5 Å². The number of aryl methyl sites for hydroxylation is 2. The first-order valence-corrected chi connectivity index (χ1v) is 12.1. The Balaban J connectivity index is 1.47. The van der Waals surface area contributed by atoms with Gasteiger partial charge in [-0.1, -0.05) is 17.7 Å². The average molecular weight is 467 g/mol. The number of carbonyl (C=O) groups excluding carboxylic acids is 1. The van der Waals surface area contributed by atoms with Crippen LogP contribution >= 0.6 is 0 Å². The fourth-order valence-corrected chi connectivity index (χ4v) is 5.29. The standard InChI is InChI=1S/C25H26N2O5S/c1-18-5-8-22(9-6-18)32-17-25(28)26-20-7-14-24-19(16-20)4-3-15-27(24)33(29,30)23-12-10-21(31-2)11-13-23/h5-14,16H,3-4,15,17H2,1-2H3,(H,26,28). The predicted molar refractivity (Wildman–Crippen MR) is 128 cm³/mol. The van der Waals surface area contributed by atoms with Crippen LogP contribution in [0, 0.1) is 6.92 Å². The summed E-state index contributed by atoms with van der Waals surface area (Å²) in [7, 11) is -2.17. The van der Waals surface area contributed by atoms with Crippen LogP contribution in [0.3, 0.4) is 0 Å². The van der Waals surface area contributed by atoms with Gasteiger partial charge in [-0.15, -0.1) is 0 Å². The SMILES string of the molecule is COc1ccc(S(=O)(=O)N2CCCc3cc(NC(=O)COc4ccc(C)cc4)ccc32)cc1. The number of sulfonamides is 1. The lowest BCUT2D eigenvalue weighted by molar-refractivity contribution is -0.118. The molecular weight excluding hydrogens is 440 g/mol. The number of nitrogens with zero attached hydrogens (tertiary/aromatic N) is 1. The maximum Gasteiger partial charge on any atom is 0.264 e. The van der Waals surface area contributed by atoms with Crippen molar-refractivity contribution in [3.05, 3.63) is 77.9 Å². The molecule has 33 heavy (non-hydrogen) atoms. The van der Waals surface area contributed by atoms with Gasteiger partial charge in [0.1, 0.15) is 11.5 Å². The quantitative estimate of drug-likeness (QED) is 0.565. The molecule has 3 aromatic rings. The summed E-state index contributed by atoms with van der Waals surface area (Å²) >= 11 is 0. The minimum Gasteiger partial charge on any atom is -0.497 e. The van der Waals surface area contributed by atoms with Gasteiger partial charge in [-0.3, -0.25) is 9.10 Å². The molecule has 1 aliphatic heterocycles. The lowest BCUT2D eigenvalue weighted by Crippen LogP contribution is -2.35. The van der Waals surface area contributed by atoms with Crippen molar-refractivity contribution < 1.29 is 22.7 Å². The number of amides is 1. The Morgan fingerprint density at radius 3 is 2.39 bits per heavy atom. The smallest absolute Gasteiger partial charge is 0.264 e. The molecule has 4 rings (SSSR count). The van der Waals surface area contributed by atoms with Crippen molar-refractivity contribution >= 4 is 27.3 Å². The van der Waals surface area contributed by atoms with Gasteiger partial charge >= 0.3 is 0 Å². The van der Waals surface area contributed by atoms with Crippen LogP contribution in [0.2, 0.25) is 0 Å². The Hall–Kier alpha value is -3.52. The zero-order valence-corrected chi connectivity index (χ0v) is 19.4. The van der Waals surface area contributed by atoms with Gasteiger partial charge in [-0.25, -0.2) is 8.42 Å². The number of ether oxygens (including phenoxy) is 2. The highest BCUT2D eigenvalue weighted by atomic mass is 32.2. The van der Waals surface area contributed by atoms with Gasteiger partial charge in [-0.2, -0.15) is 0 Å². The summed E-state index contributed by atoms with van der Waals surface area (Å²) in [6.07, 6.45) is 1.42. The molecule has 0 aliphatic carbocycles. The highest BCUT2D eigenvalue weighted by molar-refractivity contribution is 7.92. The van der Waals surface area contributed by atoms with Gasteiger partial charge in [0.15, 0.2) is 6.61 Å². The highest BCUT2D eigenvalue weighted by Gasteiger charge is 2.29. The Bertz CT molecular complexity index is 1240. The minimum atomic E-state index is -3.71. The number of hydrogen-bond acceptors (Lipinski definition) is 5. The second-order valence-electron chi connectivity index (χ2n) is 7.85. The van der Waals surface area contributed by atoms with Crippen molar-refractivity contribution in [2.75, 3.05) is 29.9 Å². The molecule has 172 valence electrons. The van der Waals surface area contributed by atoms with Crippen molar-refractivity contribution in [1.82, 2.24) is 0 Å². The molecule has 0 unspecified atom stereocenters. The third-order valence-electron chi connectivity index (χ3n) is 5.48. The van der Waals surface area contributed by atoms with Crippen LogP contribution in [-0.4, -0.2) is 34.6 Å². The van der Waals surface area contributed by atoms with Gasteiger partial charge < -0.3 is 14.8 Å². The molecule has 0 aromatic heterocycles. The first-order valence-electron chi connectivity index (χ1n) is 10.7. The van der Waals surface area contributed by atoms with E-state index >= 15 is 0 Å². The number of methoxy groups -OCH3 is 1. The zero-order chi connectivity index (χ0) is 23.4. The van der Waals surface area contributed by atoms with Crippen LogP contribution in [0.4, 0.5) is 11.4 Å². The summed E-state index contributed by atoms with van der Waals surface area (Å²) in [6, 6.07) is 19.1. The zero-order valence-electron chi connectivity index (χ0n) is 18.6. The molecular formula is C25H26N2O5S. The van der Waals surface area contributed by atoms with Crippen molar-refractivity contribution in [3.8, 4) is 11.5 Å². The number of anilines is 2. The summed E-state index contributed by atoms with van der Waals surface area (Å²) in [4.78, 5) is 12.5. The van der Waals surface area contributed by atoms with Crippen molar-refractivity contribution in [1.29, 1.82) is 0 Å². The number of benzene rings is 3. The van der Waals surface area contributed by atoms with Crippen LogP contribution in [0.15, 0.2) is 71.6 Å². The van der Waals surface area contributed by atoms with Gasteiger partial charge in [0.25, 0.3) is 15.9 Å². The molecule has 8 heteroatoms. The minimum absolute atomic E-state index is 0.113. The average Bonchev–Trinajstić information content (AvgIpc) is 2.83. The van der Waals surface area contributed by atoms with Crippen LogP contribution in [0.25, 0.3) is 0 Å². The maximum absolute atomic E-state index is 13.3. The molecule has 0 radical (unpaired) electrons. The number of nitrogens with one attached hydrogen (secondary N) is 1. The fraction of sp³-hybridized carbons (Fsp3) is 0.240. The molecule has 1 heterocycles. The van der Waals surface area contributed by atoms with E-state index < -0.39 is 10.0 Å². The van der Waals surface area contributed by atoms with Gasteiger partial charge in [0, 0.05) is 12.2 Å². The van der Waals surface area contributed by atoms with E-state index in [1.54, 1.807) is 36.4 Å². The molecule has 0 bridgehead atoms. The van der Waals surface area contributed by atoms with E-state index in [0.717, 1.165) is 17.5 Å². The van der Waals surface area contributed by atoms with E-state index in [4.69, 9.17) is 9.47 Å². The first-order chi connectivity index (χ1) is 15.9. The Morgan fingerprint density at radius 2 is 1.70 bits per heavy atom. The highest BCUT2D eigenvalue weighted by Crippen LogP contribution is 2.34. The monoisotopic (exact) mass is 466 g/mol.